The topological polar surface area (TPSA) is 23.8 Å². The van der Waals surface area contributed by atoms with Gasteiger partial charge in [0.2, 0.25) is 0 Å². The lowest BCUT2D eigenvalue weighted by molar-refractivity contribution is 0.504. The Morgan fingerprint density at radius 1 is 1.50 bits per heavy atom. The van der Waals surface area contributed by atoms with Gasteiger partial charge in [-0.2, -0.15) is 5.26 Å². The molecular formula is C9H13N. The van der Waals surface area contributed by atoms with Gasteiger partial charge in [-0.3, -0.25) is 0 Å². The van der Waals surface area contributed by atoms with Crippen molar-refractivity contribution in [2.75, 3.05) is 0 Å². The Labute approximate surface area is 62.4 Å². The van der Waals surface area contributed by atoms with Crippen molar-refractivity contribution in [2.24, 2.45) is 11.8 Å². The molecule has 10 heavy (non-hydrogen) atoms. The molecule has 1 aliphatic rings. The predicted molar refractivity (Wildman–Crippen MR) is 41.3 cm³/mol. The molecule has 1 rings (SSSR count). The van der Waals surface area contributed by atoms with Gasteiger partial charge in [-0.25, -0.2) is 0 Å². The summed E-state index contributed by atoms with van der Waals surface area (Å²) < 4.78 is 0. The summed E-state index contributed by atoms with van der Waals surface area (Å²) >= 11 is 0. The first-order valence-electron chi connectivity index (χ1n) is 3.91. The van der Waals surface area contributed by atoms with Gasteiger partial charge in [-0.1, -0.05) is 25.8 Å². The van der Waals surface area contributed by atoms with Crippen LogP contribution in [0.5, 0.6) is 0 Å². The fourth-order valence-corrected chi connectivity index (χ4v) is 1.63. The van der Waals surface area contributed by atoms with E-state index in [9.17, 15) is 0 Å². The predicted octanol–water partition coefficient (Wildman–Crippen LogP) is 2.50. The molecule has 1 aliphatic carbocycles. The van der Waals surface area contributed by atoms with Gasteiger partial charge >= 0.3 is 0 Å². The molecule has 0 spiro atoms. The largest absolute Gasteiger partial charge is 0.193 e. The fraction of sp³-hybridized carbons (Fsp3) is 0.667. The summed E-state index contributed by atoms with van der Waals surface area (Å²) in [4.78, 5) is 0. The molecule has 0 saturated heterocycles. The van der Waals surface area contributed by atoms with Crippen LogP contribution in [0, 0.1) is 23.2 Å². The first-order chi connectivity index (χ1) is 4.84. The highest BCUT2D eigenvalue weighted by molar-refractivity contribution is 5.05. The molecule has 0 aliphatic heterocycles. The van der Waals surface area contributed by atoms with Gasteiger partial charge in [0.1, 0.15) is 0 Å². The first kappa shape index (κ1) is 7.34. The zero-order valence-corrected chi connectivity index (χ0v) is 6.38. The normalized spacial score (nSPS) is 32.8. The Morgan fingerprint density at radius 3 is 2.80 bits per heavy atom. The molecule has 0 aromatic rings. The highest BCUT2D eigenvalue weighted by Gasteiger charge is 2.19. The number of hydrogen-bond donors (Lipinski definition) is 0. The Morgan fingerprint density at radius 2 is 2.30 bits per heavy atom. The molecule has 1 heteroatoms. The number of nitriles is 1. The molecule has 1 fully saturated rings. The summed E-state index contributed by atoms with van der Waals surface area (Å²) in [6.45, 7) is 2.26. The van der Waals surface area contributed by atoms with Crippen LogP contribution in [0.4, 0.5) is 0 Å². The van der Waals surface area contributed by atoms with E-state index in [0.717, 1.165) is 5.92 Å². The summed E-state index contributed by atoms with van der Waals surface area (Å²) in [5, 5.41) is 8.28. The number of hydrogen-bond acceptors (Lipinski definition) is 1. The van der Waals surface area contributed by atoms with Crippen molar-refractivity contribution in [1.29, 1.82) is 5.26 Å². The molecule has 0 radical (unpaired) electrons. The summed E-state index contributed by atoms with van der Waals surface area (Å²) in [5.74, 6) is 1.48. The van der Waals surface area contributed by atoms with Crippen LogP contribution in [0.2, 0.25) is 0 Å². The molecule has 0 bridgehead atoms. The lowest BCUT2D eigenvalue weighted by Gasteiger charge is -2.07. The second-order valence-corrected chi connectivity index (χ2v) is 3.06. The number of nitrogens with zero attached hydrogens (tertiary/aromatic N) is 1. The summed E-state index contributed by atoms with van der Waals surface area (Å²) in [5.41, 5.74) is 0. The summed E-state index contributed by atoms with van der Waals surface area (Å²) in [6, 6.07) is 2.03. The fourth-order valence-electron chi connectivity index (χ4n) is 1.63. The average Bonchev–Trinajstić information content (AvgIpc) is 2.31. The Hall–Kier alpha value is -0.770. The molecule has 1 nitrogen and oxygen atoms in total. The second-order valence-electron chi connectivity index (χ2n) is 3.06. The molecule has 54 valence electrons. The molecule has 2 atom stereocenters. The van der Waals surface area contributed by atoms with Crippen LogP contribution in [0.15, 0.2) is 12.2 Å². The van der Waals surface area contributed by atoms with E-state index in [1.807, 2.05) is 6.07 Å². The van der Waals surface area contributed by atoms with Gasteiger partial charge in [0, 0.05) is 6.08 Å². The molecule has 0 unspecified atom stereocenters. The van der Waals surface area contributed by atoms with E-state index < -0.39 is 0 Å². The summed E-state index contributed by atoms with van der Waals surface area (Å²) in [7, 11) is 0. The van der Waals surface area contributed by atoms with Crippen LogP contribution in [-0.2, 0) is 0 Å². The zero-order valence-electron chi connectivity index (χ0n) is 6.38. The zero-order chi connectivity index (χ0) is 7.40. The Kier molecular flexibility index (Phi) is 2.50. The van der Waals surface area contributed by atoms with E-state index in [-0.39, 0.29) is 0 Å². The van der Waals surface area contributed by atoms with Gasteiger partial charge in [0.25, 0.3) is 0 Å². The van der Waals surface area contributed by atoms with Crippen molar-refractivity contribution in [1.82, 2.24) is 0 Å². The lowest BCUT2D eigenvalue weighted by Crippen LogP contribution is -1.98. The van der Waals surface area contributed by atoms with Gasteiger partial charge in [-0.05, 0) is 18.3 Å². The minimum Gasteiger partial charge on any atom is -0.193 e. The van der Waals surface area contributed by atoms with Crippen molar-refractivity contribution in [3.8, 4) is 6.07 Å². The third-order valence-electron chi connectivity index (χ3n) is 2.35. The molecule has 1 saturated carbocycles. The van der Waals surface area contributed by atoms with E-state index in [4.69, 9.17) is 5.26 Å². The molecule has 0 N–H and O–H groups in total. The van der Waals surface area contributed by atoms with Crippen LogP contribution in [0.3, 0.4) is 0 Å². The maximum Gasteiger partial charge on any atom is 0.0908 e. The van der Waals surface area contributed by atoms with E-state index in [2.05, 4.69) is 13.0 Å². The highest BCUT2D eigenvalue weighted by atomic mass is 14.3. The number of rotatable bonds is 1. The molecule has 0 amide bonds. The quantitative estimate of drug-likeness (QED) is 0.507. The molecule has 0 heterocycles. The van der Waals surface area contributed by atoms with Crippen molar-refractivity contribution >= 4 is 0 Å². The van der Waals surface area contributed by atoms with Crippen LogP contribution in [0.25, 0.3) is 0 Å². The molecular weight excluding hydrogens is 122 g/mol. The van der Waals surface area contributed by atoms with Crippen LogP contribution < -0.4 is 0 Å². The van der Waals surface area contributed by atoms with Crippen molar-refractivity contribution in [3.63, 3.8) is 0 Å². The van der Waals surface area contributed by atoms with Crippen molar-refractivity contribution in [2.45, 2.75) is 26.2 Å². The standard InChI is InChI=1S/C9H13N/c1-8-4-2-5-9(8)6-3-7-10/h3,6,8-9H,2,4-5H2,1H3/t8-,9-/m1/s1. The molecule has 0 aromatic heterocycles. The smallest absolute Gasteiger partial charge is 0.0908 e. The van der Waals surface area contributed by atoms with Crippen LogP contribution in [-0.4, -0.2) is 0 Å². The molecule has 0 aromatic carbocycles. The van der Waals surface area contributed by atoms with Crippen LogP contribution in [0.1, 0.15) is 26.2 Å². The van der Waals surface area contributed by atoms with Gasteiger partial charge in [0.05, 0.1) is 6.07 Å². The van der Waals surface area contributed by atoms with Gasteiger partial charge < -0.3 is 0 Å². The Balaban J connectivity index is 2.42. The van der Waals surface area contributed by atoms with E-state index in [1.54, 1.807) is 6.08 Å². The second kappa shape index (κ2) is 3.41. The Bertz CT molecular complexity index is 164. The van der Waals surface area contributed by atoms with Crippen LogP contribution >= 0.6 is 0 Å². The monoisotopic (exact) mass is 135 g/mol. The van der Waals surface area contributed by atoms with Crippen molar-refractivity contribution < 1.29 is 0 Å². The van der Waals surface area contributed by atoms with E-state index in [0.29, 0.717) is 5.92 Å². The maximum atomic E-state index is 8.28. The minimum atomic E-state index is 0.680. The number of allylic oxidation sites excluding steroid dienone is 2. The van der Waals surface area contributed by atoms with Gasteiger partial charge in [-0.15, -0.1) is 0 Å². The maximum absolute atomic E-state index is 8.28. The van der Waals surface area contributed by atoms with Crippen molar-refractivity contribution in [3.05, 3.63) is 12.2 Å². The summed E-state index contributed by atoms with van der Waals surface area (Å²) in [6.07, 6.45) is 7.62. The SMILES string of the molecule is C[C@@H]1CCC[C@@H]1C=CC#N. The highest BCUT2D eigenvalue weighted by Crippen LogP contribution is 2.31. The average molecular weight is 135 g/mol. The van der Waals surface area contributed by atoms with Gasteiger partial charge in [0.15, 0.2) is 0 Å². The minimum absolute atomic E-state index is 0.680. The first-order valence-corrected chi connectivity index (χ1v) is 3.91. The third kappa shape index (κ3) is 1.60. The van der Waals surface area contributed by atoms with E-state index >= 15 is 0 Å². The lowest BCUT2D eigenvalue weighted by atomic mass is 9.98. The third-order valence-corrected chi connectivity index (χ3v) is 2.35. The van der Waals surface area contributed by atoms with E-state index in [1.165, 1.54) is 19.3 Å².